The fourth-order valence-corrected chi connectivity index (χ4v) is 5.85. The van der Waals surface area contributed by atoms with E-state index in [-0.39, 0.29) is 11.5 Å². The third-order valence-corrected chi connectivity index (χ3v) is 7.43. The first-order chi connectivity index (χ1) is 21.8. The number of cyclic esters (lactones) is 1. The molecular weight excluding hydrogens is 584 g/mol. The van der Waals surface area contributed by atoms with Gasteiger partial charge in [0.05, 0.1) is 5.56 Å². The van der Waals surface area contributed by atoms with Crippen LogP contribution in [-0.4, -0.2) is 29.5 Å². The maximum Gasteiger partial charge on any atom is 0.514 e. The van der Waals surface area contributed by atoms with Crippen molar-refractivity contribution >= 4 is 39.8 Å². The van der Waals surface area contributed by atoms with Gasteiger partial charge >= 0.3 is 18.3 Å². The Bertz CT molecular complexity index is 1890. The molecule has 0 radical (unpaired) electrons. The number of fused-ring (bicyclic) bond motifs is 3. The molecule has 5 aromatic rings. The maximum atomic E-state index is 13.7. The first-order valence-corrected chi connectivity index (χ1v) is 15.0. The number of benzene rings is 5. The Morgan fingerprint density at radius 3 is 1.43 bits per heavy atom. The summed E-state index contributed by atoms with van der Waals surface area (Å²) in [6.07, 6.45) is -1.74. The van der Waals surface area contributed by atoms with E-state index in [0.29, 0.717) is 33.0 Å². The predicted octanol–water partition coefficient (Wildman–Crippen LogP) is 9.08. The fraction of sp³-hybridized carbons (Fsp3) is 0.237. The molecule has 234 valence electrons. The summed E-state index contributed by atoms with van der Waals surface area (Å²) in [4.78, 5) is 39.6. The average molecular weight is 619 g/mol. The van der Waals surface area contributed by atoms with Crippen LogP contribution in [0.25, 0.3) is 21.5 Å². The summed E-state index contributed by atoms with van der Waals surface area (Å²) in [7, 11) is 0. The van der Waals surface area contributed by atoms with Crippen molar-refractivity contribution in [2.75, 3.05) is 0 Å². The van der Waals surface area contributed by atoms with Crippen LogP contribution < -0.4 is 9.47 Å². The van der Waals surface area contributed by atoms with Crippen LogP contribution >= 0.6 is 0 Å². The zero-order valence-electron chi connectivity index (χ0n) is 26.5. The van der Waals surface area contributed by atoms with Gasteiger partial charge in [0.25, 0.3) is 0 Å². The highest BCUT2D eigenvalue weighted by atomic mass is 16.7. The lowest BCUT2D eigenvalue weighted by atomic mass is 9.76. The van der Waals surface area contributed by atoms with Crippen molar-refractivity contribution in [3.63, 3.8) is 0 Å². The Balaban J connectivity index is 1.66. The second-order valence-corrected chi connectivity index (χ2v) is 13.1. The van der Waals surface area contributed by atoms with Gasteiger partial charge in [0.15, 0.2) is 5.60 Å². The Morgan fingerprint density at radius 1 is 0.565 bits per heavy atom. The molecular formula is C38H34O8. The summed E-state index contributed by atoms with van der Waals surface area (Å²) in [5.41, 5.74) is -1.05. The summed E-state index contributed by atoms with van der Waals surface area (Å²) in [6.45, 7) is 10.5. The summed E-state index contributed by atoms with van der Waals surface area (Å²) < 4.78 is 29.1. The minimum absolute atomic E-state index is 0.229. The van der Waals surface area contributed by atoms with Gasteiger partial charge < -0.3 is 23.7 Å². The Labute approximate surface area is 266 Å². The summed E-state index contributed by atoms with van der Waals surface area (Å²) in [5.74, 6) is -0.0686. The molecule has 0 unspecified atom stereocenters. The molecule has 0 aromatic heterocycles. The molecule has 0 amide bonds. The molecule has 0 atom stereocenters. The van der Waals surface area contributed by atoms with Crippen LogP contribution in [0.5, 0.6) is 11.5 Å². The first-order valence-electron chi connectivity index (χ1n) is 15.0. The number of hydrogen-bond donors (Lipinski definition) is 0. The van der Waals surface area contributed by atoms with Gasteiger partial charge in [0.2, 0.25) is 0 Å². The Morgan fingerprint density at radius 2 is 0.978 bits per heavy atom. The average Bonchev–Trinajstić information content (AvgIpc) is 3.28. The molecule has 1 heterocycles. The monoisotopic (exact) mass is 618 g/mol. The Kier molecular flexibility index (Phi) is 7.47. The van der Waals surface area contributed by atoms with Crippen molar-refractivity contribution in [3.8, 4) is 11.5 Å². The van der Waals surface area contributed by atoms with Crippen LogP contribution in [-0.2, 0) is 19.8 Å². The van der Waals surface area contributed by atoms with Crippen molar-refractivity contribution < 1.29 is 38.1 Å². The third-order valence-electron chi connectivity index (χ3n) is 7.43. The smallest absolute Gasteiger partial charge is 0.441 e. The summed E-state index contributed by atoms with van der Waals surface area (Å²) in [5, 5.41) is 2.57. The number of hydrogen-bond acceptors (Lipinski definition) is 8. The van der Waals surface area contributed by atoms with Crippen molar-refractivity contribution in [1.82, 2.24) is 0 Å². The van der Waals surface area contributed by atoms with E-state index in [4.69, 9.17) is 23.7 Å². The van der Waals surface area contributed by atoms with E-state index in [9.17, 15) is 14.4 Å². The van der Waals surface area contributed by atoms with Crippen LogP contribution in [0, 0.1) is 0 Å². The third kappa shape index (κ3) is 5.62. The van der Waals surface area contributed by atoms with E-state index in [1.807, 2.05) is 60.7 Å². The number of carbonyl (C=O) groups is 3. The van der Waals surface area contributed by atoms with Crippen molar-refractivity contribution in [3.05, 3.63) is 119 Å². The highest BCUT2D eigenvalue weighted by Crippen LogP contribution is 2.53. The van der Waals surface area contributed by atoms with Gasteiger partial charge in [-0.2, -0.15) is 0 Å². The zero-order chi connectivity index (χ0) is 32.9. The number of carbonyl (C=O) groups excluding carboxylic acids is 3. The van der Waals surface area contributed by atoms with E-state index < -0.39 is 35.1 Å². The molecule has 0 spiro atoms. The van der Waals surface area contributed by atoms with Gasteiger partial charge in [-0.3, -0.25) is 0 Å². The maximum absolute atomic E-state index is 13.7. The molecule has 8 heteroatoms. The van der Waals surface area contributed by atoms with E-state index >= 15 is 0 Å². The van der Waals surface area contributed by atoms with Crippen molar-refractivity contribution in [2.45, 2.75) is 58.3 Å². The Hall–Kier alpha value is -5.37. The van der Waals surface area contributed by atoms with E-state index in [0.717, 1.165) is 10.8 Å². The quantitative estimate of drug-likeness (QED) is 0.112. The fourth-order valence-electron chi connectivity index (χ4n) is 5.85. The molecule has 6 rings (SSSR count). The molecule has 1 aliphatic rings. The lowest BCUT2D eigenvalue weighted by Crippen LogP contribution is -2.31. The minimum atomic E-state index is -1.55. The molecule has 46 heavy (non-hydrogen) atoms. The van der Waals surface area contributed by atoms with Gasteiger partial charge in [-0.1, -0.05) is 78.9 Å². The van der Waals surface area contributed by atoms with Gasteiger partial charge in [-0.25, -0.2) is 14.4 Å². The lowest BCUT2D eigenvalue weighted by molar-refractivity contribution is 0.0196. The highest BCUT2D eigenvalue weighted by molar-refractivity contribution is 6.03. The van der Waals surface area contributed by atoms with E-state index in [1.54, 1.807) is 77.9 Å². The summed E-state index contributed by atoms with van der Waals surface area (Å²) in [6, 6.07) is 29.0. The predicted molar refractivity (Wildman–Crippen MR) is 173 cm³/mol. The standard InChI is InChI=1S/C38H34O8/c1-36(2,3)45-34(40)42-29-21-11-15-23-13-9-19-27(31(23)29)38(26-18-8-7-17-25(26)33(39)44-38)28-20-10-14-24-16-12-22-30(32(24)28)43-35(41)46-37(4,5)6/h7-22H,1-6H3. The van der Waals surface area contributed by atoms with Crippen molar-refractivity contribution in [1.29, 1.82) is 0 Å². The highest BCUT2D eigenvalue weighted by Gasteiger charge is 2.50. The van der Waals surface area contributed by atoms with Crippen LogP contribution in [0.3, 0.4) is 0 Å². The zero-order valence-corrected chi connectivity index (χ0v) is 26.5. The lowest BCUT2D eigenvalue weighted by Gasteiger charge is -2.33. The summed E-state index contributed by atoms with van der Waals surface area (Å²) >= 11 is 0. The topological polar surface area (TPSA) is 97.4 Å². The number of esters is 1. The van der Waals surface area contributed by atoms with Crippen LogP contribution in [0.4, 0.5) is 9.59 Å². The molecule has 0 fully saturated rings. The van der Waals surface area contributed by atoms with Crippen LogP contribution in [0.2, 0.25) is 0 Å². The van der Waals surface area contributed by atoms with Crippen molar-refractivity contribution in [2.24, 2.45) is 0 Å². The molecule has 8 nitrogen and oxygen atoms in total. The van der Waals surface area contributed by atoms with Gasteiger partial charge in [0, 0.05) is 27.5 Å². The van der Waals surface area contributed by atoms with E-state index in [2.05, 4.69) is 0 Å². The van der Waals surface area contributed by atoms with Gasteiger partial charge in [0.1, 0.15) is 22.7 Å². The minimum Gasteiger partial charge on any atom is -0.441 e. The first kappa shape index (κ1) is 30.6. The second-order valence-electron chi connectivity index (χ2n) is 13.1. The molecule has 5 aromatic carbocycles. The molecule has 0 saturated carbocycles. The number of rotatable bonds is 4. The largest absolute Gasteiger partial charge is 0.514 e. The van der Waals surface area contributed by atoms with Crippen LogP contribution in [0.1, 0.15) is 68.6 Å². The normalized spacial score (nSPS) is 14.0. The van der Waals surface area contributed by atoms with Gasteiger partial charge in [-0.15, -0.1) is 0 Å². The molecule has 0 N–H and O–H groups in total. The second kappa shape index (κ2) is 11.2. The van der Waals surface area contributed by atoms with Gasteiger partial charge in [-0.05, 0) is 70.5 Å². The molecule has 0 aliphatic carbocycles. The molecule has 1 aliphatic heterocycles. The number of ether oxygens (including phenoxy) is 5. The van der Waals surface area contributed by atoms with E-state index in [1.165, 1.54) is 0 Å². The van der Waals surface area contributed by atoms with Crippen LogP contribution in [0.15, 0.2) is 97.1 Å². The SMILES string of the molecule is CC(C)(C)OC(=O)Oc1cccc2cccc(C3(c4cccc5cccc(OC(=O)OC(C)(C)C)c45)OC(=O)c4ccccc43)c12. The molecule has 0 bridgehead atoms. The molecule has 0 saturated heterocycles.